The molecule has 0 unspecified atom stereocenters. The molecule has 2 atom stereocenters. The number of H-pyrrole nitrogens is 1. The summed E-state index contributed by atoms with van der Waals surface area (Å²) in [5.74, 6) is 2.11. The molecule has 1 fully saturated rings. The molecule has 2 aliphatic heterocycles. The normalized spacial score (nSPS) is 21.2. The van der Waals surface area contributed by atoms with Gasteiger partial charge in [-0.3, -0.25) is 0 Å². The molecule has 0 aliphatic carbocycles. The molecule has 0 saturated carbocycles. The minimum atomic E-state index is 0.110. The number of benzene rings is 1. The average molecular weight is 443 g/mol. The number of hydrogen-bond acceptors (Lipinski definition) is 6. The topological polar surface area (TPSA) is 72.5 Å². The number of aromatic nitrogens is 3. The van der Waals surface area contributed by atoms with Gasteiger partial charge in [0.1, 0.15) is 0 Å². The number of hydrogen-bond donors (Lipinski definition) is 1. The maximum Gasteiger partial charge on any atom is 0.232 e. The highest BCUT2D eigenvalue weighted by molar-refractivity contribution is 6.31. The lowest BCUT2D eigenvalue weighted by molar-refractivity contribution is 0.0483. The summed E-state index contributed by atoms with van der Waals surface area (Å²) in [6.45, 7) is 2.46. The third-order valence-electron chi connectivity index (χ3n) is 6.37. The molecule has 0 bridgehead atoms. The van der Waals surface area contributed by atoms with E-state index in [9.17, 15) is 0 Å². The molecule has 7 nitrogen and oxygen atoms in total. The van der Waals surface area contributed by atoms with Crippen LogP contribution in [0.1, 0.15) is 36.6 Å². The van der Waals surface area contributed by atoms with Crippen molar-refractivity contribution in [1.82, 2.24) is 15.0 Å². The summed E-state index contributed by atoms with van der Waals surface area (Å²) in [5, 5.41) is 1.96. The first-order chi connectivity index (χ1) is 15.2. The van der Waals surface area contributed by atoms with Crippen molar-refractivity contribution in [2.24, 2.45) is 5.92 Å². The van der Waals surface area contributed by atoms with Gasteiger partial charge in [0, 0.05) is 41.4 Å². The van der Waals surface area contributed by atoms with E-state index < -0.39 is 0 Å². The van der Waals surface area contributed by atoms with Gasteiger partial charge in [-0.05, 0) is 55.4 Å². The van der Waals surface area contributed by atoms with Crippen molar-refractivity contribution in [2.45, 2.75) is 31.7 Å². The molecule has 1 saturated heterocycles. The van der Waals surface area contributed by atoms with Crippen molar-refractivity contribution in [2.75, 3.05) is 38.9 Å². The zero-order valence-corrected chi connectivity index (χ0v) is 18.6. The summed E-state index contributed by atoms with van der Waals surface area (Å²) in [5.41, 5.74) is 3.68. The highest BCUT2D eigenvalue weighted by Gasteiger charge is 2.34. The van der Waals surface area contributed by atoms with E-state index in [2.05, 4.69) is 32.0 Å². The summed E-state index contributed by atoms with van der Waals surface area (Å²) >= 11 is 6.31. The molecule has 31 heavy (non-hydrogen) atoms. The van der Waals surface area contributed by atoms with E-state index in [0.29, 0.717) is 23.6 Å². The van der Waals surface area contributed by atoms with E-state index in [1.165, 1.54) is 23.1 Å². The molecule has 5 rings (SSSR count). The Balaban J connectivity index is 1.58. The smallest absolute Gasteiger partial charge is 0.232 e. The van der Waals surface area contributed by atoms with Crippen LogP contribution in [0, 0.1) is 5.92 Å². The maximum atomic E-state index is 6.31. The molecule has 164 valence electrons. The molecular formula is C23H27ClN4O3. The molecule has 0 spiro atoms. The number of ether oxygens (including phenoxy) is 3. The summed E-state index contributed by atoms with van der Waals surface area (Å²) in [7, 11) is 3.22. The molecule has 0 radical (unpaired) electrons. The van der Waals surface area contributed by atoms with Crippen LogP contribution in [0.5, 0.6) is 11.8 Å². The third kappa shape index (κ3) is 3.92. The number of halogens is 1. The van der Waals surface area contributed by atoms with Gasteiger partial charge < -0.3 is 24.1 Å². The molecule has 1 aromatic carbocycles. The molecule has 0 amide bonds. The zero-order valence-electron chi connectivity index (χ0n) is 17.9. The van der Waals surface area contributed by atoms with Crippen molar-refractivity contribution in [3.05, 3.63) is 40.5 Å². The van der Waals surface area contributed by atoms with Crippen LogP contribution in [0.15, 0.2) is 24.3 Å². The van der Waals surface area contributed by atoms with Gasteiger partial charge in [-0.15, -0.1) is 0 Å². The van der Waals surface area contributed by atoms with Crippen LogP contribution in [0.25, 0.3) is 10.9 Å². The van der Waals surface area contributed by atoms with Gasteiger partial charge in [-0.25, -0.2) is 0 Å². The lowest BCUT2D eigenvalue weighted by atomic mass is 9.88. The Kier molecular flexibility index (Phi) is 5.63. The number of nitrogens with one attached hydrogen (secondary N) is 1. The number of anilines is 1. The van der Waals surface area contributed by atoms with Crippen LogP contribution in [-0.2, 0) is 11.2 Å². The Bertz CT molecular complexity index is 1060. The SMILES string of the molecule is COc1cc(OC)nc(N2CCc3c([nH]c4ccc(Cl)cc34)[C@@H]2C[C@@H]2CCCOC2)n1. The number of methoxy groups -OCH3 is 2. The maximum absolute atomic E-state index is 6.31. The second-order valence-corrected chi connectivity index (χ2v) is 8.67. The molecule has 3 aromatic rings. The monoisotopic (exact) mass is 442 g/mol. The standard InChI is InChI=1S/C23H27ClN4O3/c1-29-20-12-21(30-2)27-23(26-20)28-8-7-16-17-11-15(24)5-6-18(17)25-22(16)19(28)10-14-4-3-9-31-13-14/h5-6,11-12,14,19,25H,3-4,7-10,13H2,1-2H3/t14-,19-/m0/s1. The average Bonchev–Trinajstić information content (AvgIpc) is 3.18. The van der Waals surface area contributed by atoms with Gasteiger partial charge in [0.2, 0.25) is 17.7 Å². The van der Waals surface area contributed by atoms with Gasteiger partial charge in [0.05, 0.1) is 26.3 Å². The Morgan fingerprint density at radius 2 is 2.00 bits per heavy atom. The van der Waals surface area contributed by atoms with Crippen molar-refractivity contribution < 1.29 is 14.2 Å². The lowest BCUT2D eigenvalue weighted by Crippen LogP contribution is -2.38. The van der Waals surface area contributed by atoms with Crippen LogP contribution < -0.4 is 14.4 Å². The Morgan fingerprint density at radius 3 is 2.71 bits per heavy atom. The quantitative estimate of drug-likeness (QED) is 0.625. The van der Waals surface area contributed by atoms with Gasteiger partial charge in [0.25, 0.3) is 0 Å². The summed E-state index contributed by atoms with van der Waals surface area (Å²) in [6.07, 6.45) is 4.14. The van der Waals surface area contributed by atoms with E-state index >= 15 is 0 Å². The van der Waals surface area contributed by atoms with Crippen LogP contribution >= 0.6 is 11.6 Å². The van der Waals surface area contributed by atoms with E-state index in [1.807, 2.05) is 6.07 Å². The molecular weight excluding hydrogens is 416 g/mol. The number of nitrogens with zero attached hydrogens (tertiary/aromatic N) is 3. The highest BCUT2D eigenvalue weighted by Crippen LogP contribution is 2.41. The molecule has 1 N–H and O–H groups in total. The summed E-state index contributed by atoms with van der Waals surface area (Å²) < 4.78 is 16.6. The number of rotatable bonds is 5. The zero-order chi connectivity index (χ0) is 21.4. The van der Waals surface area contributed by atoms with Crippen LogP contribution in [0.4, 0.5) is 5.95 Å². The fraction of sp³-hybridized carbons (Fsp3) is 0.478. The lowest BCUT2D eigenvalue weighted by Gasteiger charge is -2.38. The largest absolute Gasteiger partial charge is 0.481 e. The fourth-order valence-electron chi connectivity index (χ4n) is 4.86. The fourth-order valence-corrected chi connectivity index (χ4v) is 5.03. The predicted molar refractivity (Wildman–Crippen MR) is 120 cm³/mol. The molecule has 8 heteroatoms. The van der Waals surface area contributed by atoms with E-state index in [0.717, 1.165) is 49.6 Å². The van der Waals surface area contributed by atoms with Crippen LogP contribution in [0.3, 0.4) is 0 Å². The minimum Gasteiger partial charge on any atom is -0.481 e. The predicted octanol–water partition coefficient (Wildman–Crippen LogP) is 4.55. The summed E-state index contributed by atoms with van der Waals surface area (Å²) in [4.78, 5) is 15.3. The van der Waals surface area contributed by atoms with E-state index in [1.54, 1.807) is 20.3 Å². The van der Waals surface area contributed by atoms with E-state index in [4.69, 9.17) is 25.8 Å². The van der Waals surface area contributed by atoms with Crippen molar-refractivity contribution in [3.63, 3.8) is 0 Å². The van der Waals surface area contributed by atoms with Gasteiger partial charge >= 0.3 is 0 Å². The van der Waals surface area contributed by atoms with E-state index in [-0.39, 0.29) is 6.04 Å². The summed E-state index contributed by atoms with van der Waals surface area (Å²) in [6, 6.07) is 7.87. The molecule has 4 heterocycles. The third-order valence-corrected chi connectivity index (χ3v) is 6.60. The second kappa shape index (κ2) is 8.55. The van der Waals surface area contributed by atoms with Gasteiger partial charge in [-0.1, -0.05) is 11.6 Å². The first-order valence-electron chi connectivity index (χ1n) is 10.8. The van der Waals surface area contributed by atoms with Gasteiger partial charge in [-0.2, -0.15) is 9.97 Å². The van der Waals surface area contributed by atoms with Crippen molar-refractivity contribution >= 4 is 28.5 Å². The van der Waals surface area contributed by atoms with Crippen LogP contribution in [-0.4, -0.2) is 48.9 Å². The molecule has 2 aromatic heterocycles. The second-order valence-electron chi connectivity index (χ2n) is 8.24. The Morgan fingerprint density at radius 1 is 1.19 bits per heavy atom. The van der Waals surface area contributed by atoms with Crippen LogP contribution in [0.2, 0.25) is 5.02 Å². The Labute approximate surface area is 186 Å². The Hall–Kier alpha value is -2.51. The first kappa shape index (κ1) is 20.4. The number of aromatic amines is 1. The number of fused-ring (bicyclic) bond motifs is 3. The van der Waals surface area contributed by atoms with Gasteiger partial charge in [0.15, 0.2) is 0 Å². The van der Waals surface area contributed by atoms with Crippen molar-refractivity contribution in [3.8, 4) is 11.8 Å². The van der Waals surface area contributed by atoms with Crippen molar-refractivity contribution in [1.29, 1.82) is 0 Å². The first-order valence-corrected chi connectivity index (χ1v) is 11.2. The highest BCUT2D eigenvalue weighted by atomic mass is 35.5. The molecule has 2 aliphatic rings. The minimum absolute atomic E-state index is 0.110.